The minimum atomic E-state index is -3.58. The maximum atomic E-state index is 13.2. The number of nitrogens with zero attached hydrogens (tertiary/aromatic N) is 1. The van der Waals surface area contributed by atoms with Crippen LogP contribution < -0.4 is 4.74 Å². The van der Waals surface area contributed by atoms with Crippen molar-refractivity contribution in [2.24, 2.45) is 0 Å². The molecule has 0 unspecified atom stereocenters. The molecule has 0 aliphatic carbocycles. The van der Waals surface area contributed by atoms with Gasteiger partial charge in [0.05, 0.1) is 14.9 Å². The van der Waals surface area contributed by atoms with Crippen molar-refractivity contribution in [2.45, 2.75) is 23.8 Å². The molecule has 1 aliphatic heterocycles. The monoisotopic (exact) mass is 461 g/mol. The van der Waals surface area contributed by atoms with Crippen molar-refractivity contribution >= 4 is 33.2 Å². The molecule has 0 radical (unpaired) electrons. The smallest absolute Gasteiger partial charge is 0.243 e. The molecule has 7 heteroatoms. The zero-order valence-electron chi connectivity index (χ0n) is 16.2. The molecule has 3 aromatic rings. The Morgan fingerprint density at radius 1 is 0.800 bits per heavy atom. The van der Waals surface area contributed by atoms with Gasteiger partial charge in [-0.15, -0.1) is 0 Å². The number of sulfonamides is 1. The Balaban J connectivity index is 1.47. The van der Waals surface area contributed by atoms with Crippen molar-refractivity contribution in [1.29, 1.82) is 0 Å². The van der Waals surface area contributed by atoms with Crippen LogP contribution in [0, 0.1) is 0 Å². The molecule has 1 fully saturated rings. The second-order valence-electron chi connectivity index (χ2n) is 7.17. The SMILES string of the molecule is O=S(=O)(c1cccc(-c2ccccc2)c1)N1CCC(Oc2c(Cl)cccc2Cl)CC1. The Morgan fingerprint density at radius 3 is 2.07 bits per heavy atom. The Bertz CT molecular complexity index is 1110. The van der Waals surface area contributed by atoms with E-state index in [1.165, 1.54) is 4.31 Å². The normalized spacial score (nSPS) is 15.8. The molecule has 1 saturated heterocycles. The molecular formula is C23H21Cl2NO3S. The van der Waals surface area contributed by atoms with Crippen molar-refractivity contribution < 1.29 is 13.2 Å². The highest BCUT2D eigenvalue weighted by Gasteiger charge is 2.30. The standard InChI is InChI=1S/C23H21Cl2NO3S/c24-21-10-5-11-22(25)23(21)29-19-12-14-26(15-13-19)30(27,28)20-9-4-8-18(16-20)17-6-2-1-3-7-17/h1-11,16,19H,12-15H2. The van der Waals surface area contributed by atoms with Gasteiger partial charge in [-0.3, -0.25) is 0 Å². The van der Waals surface area contributed by atoms with Crippen molar-refractivity contribution in [3.63, 3.8) is 0 Å². The van der Waals surface area contributed by atoms with Gasteiger partial charge in [0, 0.05) is 13.1 Å². The Labute approximate surface area is 187 Å². The lowest BCUT2D eigenvalue weighted by molar-refractivity contribution is 0.135. The maximum absolute atomic E-state index is 13.2. The van der Waals surface area contributed by atoms with Gasteiger partial charge in [0.1, 0.15) is 6.10 Å². The van der Waals surface area contributed by atoms with E-state index in [4.69, 9.17) is 27.9 Å². The number of halogens is 2. The van der Waals surface area contributed by atoms with Crippen LogP contribution >= 0.6 is 23.2 Å². The predicted octanol–water partition coefficient (Wildman–Crippen LogP) is 5.89. The molecule has 0 saturated carbocycles. The van der Waals surface area contributed by atoms with Gasteiger partial charge in [0.2, 0.25) is 10.0 Å². The van der Waals surface area contributed by atoms with Gasteiger partial charge in [0.25, 0.3) is 0 Å². The number of rotatable bonds is 5. The summed E-state index contributed by atoms with van der Waals surface area (Å²) in [7, 11) is -3.58. The molecule has 156 valence electrons. The molecule has 4 nitrogen and oxygen atoms in total. The third-order valence-corrected chi connectivity index (χ3v) is 7.67. The molecule has 0 amide bonds. The van der Waals surface area contributed by atoms with E-state index < -0.39 is 10.0 Å². The molecule has 0 N–H and O–H groups in total. The number of ether oxygens (including phenoxy) is 1. The van der Waals surface area contributed by atoms with Crippen molar-refractivity contribution in [2.75, 3.05) is 13.1 Å². The molecule has 30 heavy (non-hydrogen) atoms. The van der Waals surface area contributed by atoms with E-state index in [0.29, 0.717) is 46.6 Å². The van der Waals surface area contributed by atoms with E-state index >= 15 is 0 Å². The molecule has 0 bridgehead atoms. The first-order chi connectivity index (χ1) is 14.4. The average Bonchev–Trinajstić information content (AvgIpc) is 2.77. The fourth-order valence-electron chi connectivity index (χ4n) is 3.57. The highest BCUT2D eigenvalue weighted by molar-refractivity contribution is 7.89. The maximum Gasteiger partial charge on any atom is 0.243 e. The van der Waals surface area contributed by atoms with Gasteiger partial charge in [-0.2, -0.15) is 4.31 Å². The molecule has 0 aromatic heterocycles. The summed E-state index contributed by atoms with van der Waals surface area (Å²) in [5.74, 6) is 0.456. The van der Waals surface area contributed by atoms with Gasteiger partial charge in [-0.25, -0.2) is 8.42 Å². The van der Waals surface area contributed by atoms with Gasteiger partial charge < -0.3 is 4.74 Å². The average molecular weight is 462 g/mol. The molecule has 0 atom stereocenters. The number of piperidine rings is 1. The summed E-state index contributed by atoms with van der Waals surface area (Å²) in [4.78, 5) is 0.303. The Kier molecular flexibility index (Phi) is 6.34. The van der Waals surface area contributed by atoms with Crippen LogP contribution in [0.15, 0.2) is 77.7 Å². The van der Waals surface area contributed by atoms with E-state index in [2.05, 4.69) is 0 Å². The van der Waals surface area contributed by atoms with Crippen LogP contribution in [0.25, 0.3) is 11.1 Å². The van der Waals surface area contributed by atoms with Gasteiger partial charge in [-0.05, 0) is 48.2 Å². The predicted molar refractivity (Wildman–Crippen MR) is 121 cm³/mol. The van der Waals surface area contributed by atoms with E-state index in [9.17, 15) is 8.42 Å². The zero-order chi connectivity index (χ0) is 21.1. The quantitative estimate of drug-likeness (QED) is 0.475. The van der Waals surface area contributed by atoms with Gasteiger partial charge >= 0.3 is 0 Å². The molecule has 3 aromatic carbocycles. The second kappa shape index (κ2) is 8.98. The lowest BCUT2D eigenvalue weighted by Crippen LogP contribution is -2.41. The molecule has 1 aliphatic rings. The summed E-state index contributed by atoms with van der Waals surface area (Å²) < 4.78 is 33.9. The van der Waals surface area contributed by atoms with E-state index in [1.807, 2.05) is 36.4 Å². The van der Waals surface area contributed by atoms with Crippen LogP contribution in [-0.4, -0.2) is 31.9 Å². The summed E-state index contributed by atoms with van der Waals surface area (Å²) in [6, 6.07) is 22.0. The molecular weight excluding hydrogens is 441 g/mol. The van der Waals surface area contributed by atoms with Crippen LogP contribution in [0.1, 0.15) is 12.8 Å². The fraction of sp³-hybridized carbons (Fsp3) is 0.217. The molecule has 0 spiro atoms. The number of hydrogen-bond acceptors (Lipinski definition) is 3. The highest BCUT2D eigenvalue weighted by Crippen LogP contribution is 2.35. The minimum Gasteiger partial charge on any atom is -0.487 e. The summed E-state index contributed by atoms with van der Waals surface area (Å²) in [6.45, 7) is 0.759. The van der Waals surface area contributed by atoms with Crippen molar-refractivity contribution in [1.82, 2.24) is 4.31 Å². The first kappa shape index (κ1) is 21.2. The third-order valence-electron chi connectivity index (χ3n) is 5.18. The molecule has 1 heterocycles. The van der Waals surface area contributed by atoms with Crippen LogP contribution in [-0.2, 0) is 10.0 Å². The number of hydrogen-bond donors (Lipinski definition) is 0. The van der Waals surface area contributed by atoms with E-state index in [0.717, 1.165) is 11.1 Å². The fourth-order valence-corrected chi connectivity index (χ4v) is 5.57. The second-order valence-corrected chi connectivity index (χ2v) is 9.92. The lowest BCUT2D eigenvalue weighted by Gasteiger charge is -2.31. The van der Waals surface area contributed by atoms with Crippen LogP contribution in [0.3, 0.4) is 0 Å². The van der Waals surface area contributed by atoms with Crippen molar-refractivity contribution in [3.05, 3.63) is 82.8 Å². The summed E-state index contributed by atoms with van der Waals surface area (Å²) in [5.41, 5.74) is 1.86. The third kappa shape index (κ3) is 4.49. The van der Waals surface area contributed by atoms with Crippen LogP contribution in [0.2, 0.25) is 10.0 Å². The Morgan fingerprint density at radius 2 is 1.40 bits per heavy atom. The Hall–Kier alpha value is -2.05. The number of benzene rings is 3. The lowest BCUT2D eigenvalue weighted by atomic mass is 10.1. The first-order valence-electron chi connectivity index (χ1n) is 9.71. The van der Waals surface area contributed by atoms with Crippen LogP contribution in [0.5, 0.6) is 5.75 Å². The minimum absolute atomic E-state index is 0.135. The molecule has 4 rings (SSSR count). The van der Waals surface area contributed by atoms with Crippen molar-refractivity contribution in [3.8, 4) is 16.9 Å². The summed E-state index contributed by atoms with van der Waals surface area (Å²) in [5, 5.41) is 0.908. The van der Waals surface area contributed by atoms with Crippen LogP contribution in [0.4, 0.5) is 0 Å². The van der Waals surface area contributed by atoms with E-state index in [-0.39, 0.29) is 6.10 Å². The first-order valence-corrected chi connectivity index (χ1v) is 11.9. The topological polar surface area (TPSA) is 46.6 Å². The number of para-hydroxylation sites is 1. The van der Waals surface area contributed by atoms with E-state index in [1.54, 1.807) is 36.4 Å². The summed E-state index contributed by atoms with van der Waals surface area (Å²) >= 11 is 12.4. The zero-order valence-corrected chi connectivity index (χ0v) is 18.5. The van der Waals surface area contributed by atoms with Gasteiger partial charge in [-0.1, -0.05) is 71.7 Å². The highest BCUT2D eigenvalue weighted by atomic mass is 35.5. The summed E-state index contributed by atoms with van der Waals surface area (Å²) in [6.07, 6.45) is 1.00. The largest absolute Gasteiger partial charge is 0.487 e. The van der Waals surface area contributed by atoms with Gasteiger partial charge in [0.15, 0.2) is 5.75 Å².